The summed E-state index contributed by atoms with van der Waals surface area (Å²) in [6.45, 7) is 7.54. The van der Waals surface area contributed by atoms with Gasteiger partial charge in [0.15, 0.2) is 0 Å². The van der Waals surface area contributed by atoms with Crippen LogP contribution in [0, 0.1) is 0 Å². The second-order valence-corrected chi connectivity index (χ2v) is 17.1. The molecule has 6 nitrogen and oxygen atoms in total. The second-order valence-electron chi connectivity index (χ2n) is 14.3. The first-order valence-electron chi connectivity index (χ1n) is 19.7. The van der Waals surface area contributed by atoms with Crippen molar-refractivity contribution >= 4 is 74.2 Å². The molecule has 276 valence electrons. The molecule has 0 amide bonds. The van der Waals surface area contributed by atoms with Gasteiger partial charge < -0.3 is 27.0 Å². The first-order chi connectivity index (χ1) is 27.2. The largest absolute Gasteiger partial charge is 0.501 e. The van der Waals surface area contributed by atoms with Gasteiger partial charge in [0.25, 0.3) is 0 Å². The lowest BCUT2D eigenvalue weighted by Crippen LogP contribution is -2.47. The van der Waals surface area contributed by atoms with E-state index in [4.69, 9.17) is 13.3 Å². The molecule has 0 radical (unpaired) electrons. The fraction of sp³-hybridized carbons (Fsp3) is 0.208. The van der Waals surface area contributed by atoms with Crippen LogP contribution >= 0.6 is 0 Å². The molecule has 0 spiro atoms. The number of aromatic nitrogens is 3. The minimum atomic E-state index is -3.23. The topological polar surface area (TPSA) is 42.5 Å². The maximum absolute atomic E-state index is 7.10. The molecule has 6 aromatic carbocycles. The summed E-state index contributed by atoms with van der Waals surface area (Å²) in [5, 5.41) is 7.56. The Kier molecular flexibility index (Phi) is 10.1. The number of benzene rings is 6. The standard InChI is InChI=1S/C48H47N3O3Si/c1-2-3-4-17-36-55(52-33-30-49-43-24-11-5-18-37(43)38-19-6-12-25-44(38)49,53-34-31-50-45-26-13-7-20-39(45)40-21-8-14-27-46(40)50)54-35-32-51-47-28-15-9-22-41(47)42-23-10-16-29-48(42)51/h2,5-16,18-29H,1,3-4,17,30-36H2. The van der Waals surface area contributed by atoms with Crippen LogP contribution in [0.1, 0.15) is 19.3 Å². The van der Waals surface area contributed by atoms with E-state index in [1.807, 2.05) is 6.08 Å². The summed E-state index contributed by atoms with van der Waals surface area (Å²) in [6, 6.07) is 52.7. The summed E-state index contributed by atoms with van der Waals surface area (Å²) in [5.41, 5.74) is 7.28. The average molecular weight is 742 g/mol. The molecule has 0 unspecified atom stereocenters. The van der Waals surface area contributed by atoms with Crippen LogP contribution in [0.4, 0.5) is 0 Å². The van der Waals surface area contributed by atoms with Gasteiger partial charge in [-0.2, -0.15) is 0 Å². The van der Waals surface area contributed by atoms with Crippen molar-refractivity contribution in [1.82, 2.24) is 13.7 Å². The first kappa shape index (κ1) is 35.3. The molecule has 0 saturated heterocycles. The molecular formula is C48H47N3O3Si. The molecule has 55 heavy (non-hydrogen) atoms. The van der Waals surface area contributed by atoms with Gasteiger partial charge in [0.05, 0.1) is 19.8 Å². The van der Waals surface area contributed by atoms with Gasteiger partial charge in [0, 0.05) is 91.1 Å². The number of allylic oxidation sites excluding steroid dienone is 1. The van der Waals surface area contributed by atoms with E-state index in [9.17, 15) is 0 Å². The predicted molar refractivity (Wildman–Crippen MR) is 231 cm³/mol. The van der Waals surface area contributed by atoms with Crippen molar-refractivity contribution in [2.45, 2.75) is 44.9 Å². The summed E-state index contributed by atoms with van der Waals surface area (Å²) in [5.74, 6) is 0. The number of hydrogen-bond acceptors (Lipinski definition) is 3. The molecule has 9 rings (SSSR count). The number of unbranched alkanes of at least 4 members (excludes halogenated alkanes) is 2. The molecule has 3 heterocycles. The summed E-state index contributed by atoms with van der Waals surface area (Å²) >= 11 is 0. The van der Waals surface area contributed by atoms with Crippen molar-refractivity contribution in [3.8, 4) is 0 Å². The van der Waals surface area contributed by atoms with E-state index in [-0.39, 0.29) is 0 Å². The van der Waals surface area contributed by atoms with Gasteiger partial charge in [0.1, 0.15) is 0 Å². The van der Waals surface area contributed by atoms with Gasteiger partial charge in [-0.05, 0) is 55.7 Å². The fourth-order valence-corrected chi connectivity index (χ4v) is 11.2. The third kappa shape index (κ3) is 6.78. The first-order valence-corrected chi connectivity index (χ1v) is 21.6. The molecule has 9 aromatic rings. The molecule has 0 saturated carbocycles. The number of para-hydroxylation sites is 6. The highest BCUT2D eigenvalue weighted by Crippen LogP contribution is 2.32. The van der Waals surface area contributed by atoms with Crippen LogP contribution in [-0.2, 0) is 32.9 Å². The van der Waals surface area contributed by atoms with Crippen LogP contribution in [0.2, 0.25) is 6.04 Å². The maximum Gasteiger partial charge on any atom is 0.501 e. The average Bonchev–Trinajstić information content (AvgIpc) is 3.85. The van der Waals surface area contributed by atoms with Gasteiger partial charge in [-0.15, -0.1) is 6.58 Å². The van der Waals surface area contributed by atoms with Crippen LogP contribution < -0.4 is 0 Å². The molecule has 0 aliphatic rings. The van der Waals surface area contributed by atoms with Crippen LogP contribution in [0.3, 0.4) is 0 Å². The minimum Gasteiger partial charge on any atom is -0.372 e. The van der Waals surface area contributed by atoms with Gasteiger partial charge in [0.2, 0.25) is 0 Å². The number of rotatable bonds is 17. The van der Waals surface area contributed by atoms with Crippen LogP contribution in [0.15, 0.2) is 158 Å². The summed E-state index contributed by atoms with van der Waals surface area (Å²) in [6.07, 6.45) is 4.91. The van der Waals surface area contributed by atoms with E-state index in [1.54, 1.807) is 0 Å². The Morgan fingerprint density at radius 1 is 0.400 bits per heavy atom. The zero-order valence-electron chi connectivity index (χ0n) is 31.3. The van der Waals surface area contributed by atoms with Gasteiger partial charge in [-0.25, -0.2) is 0 Å². The van der Waals surface area contributed by atoms with Crippen molar-refractivity contribution in [2.75, 3.05) is 19.8 Å². The lowest BCUT2D eigenvalue weighted by molar-refractivity contribution is 0.0526. The van der Waals surface area contributed by atoms with E-state index in [2.05, 4.69) is 166 Å². The van der Waals surface area contributed by atoms with Crippen molar-refractivity contribution in [3.05, 3.63) is 158 Å². The van der Waals surface area contributed by atoms with Crippen LogP contribution in [-0.4, -0.2) is 42.3 Å². The molecule has 0 aliphatic carbocycles. The van der Waals surface area contributed by atoms with Crippen molar-refractivity contribution in [2.24, 2.45) is 0 Å². The van der Waals surface area contributed by atoms with E-state index in [1.165, 1.54) is 65.4 Å². The van der Waals surface area contributed by atoms with Gasteiger partial charge >= 0.3 is 8.80 Å². The van der Waals surface area contributed by atoms with E-state index >= 15 is 0 Å². The molecular weight excluding hydrogens is 695 g/mol. The molecule has 7 heteroatoms. The lowest BCUT2D eigenvalue weighted by atomic mass is 10.2. The normalized spacial score (nSPS) is 12.3. The lowest BCUT2D eigenvalue weighted by Gasteiger charge is -2.30. The van der Waals surface area contributed by atoms with Gasteiger partial charge in [-0.1, -0.05) is 115 Å². The fourth-order valence-electron chi connectivity index (χ4n) is 8.58. The Morgan fingerprint density at radius 2 is 0.673 bits per heavy atom. The molecule has 0 bridgehead atoms. The highest BCUT2D eigenvalue weighted by molar-refractivity contribution is 6.60. The third-order valence-corrected chi connectivity index (χ3v) is 14.0. The minimum absolute atomic E-state index is 0.487. The van der Waals surface area contributed by atoms with Crippen LogP contribution in [0.25, 0.3) is 65.4 Å². The van der Waals surface area contributed by atoms with E-state index in [0.717, 1.165) is 25.3 Å². The molecule has 0 fully saturated rings. The quantitative estimate of drug-likeness (QED) is 0.0530. The zero-order valence-corrected chi connectivity index (χ0v) is 32.3. The van der Waals surface area contributed by atoms with E-state index in [0.29, 0.717) is 39.5 Å². The van der Waals surface area contributed by atoms with Crippen molar-refractivity contribution in [1.29, 1.82) is 0 Å². The number of hydrogen-bond donors (Lipinski definition) is 0. The Balaban J connectivity index is 1.03. The molecule has 0 aliphatic heterocycles. The summed E-state index contributed by atoms with van der Waals surface area (Å²) in [4.78, 5) is 0. The Morgan fingerprint density at radius 3 is 0.945 bits per heavy atom. The highest BCUT2D eigenvalue weighted by Gasteiger charge is 2.41. The van der Waals surface area contributed by atoms with Crippen molar-refractivity contribution < 1.29 is 13.3 Å². The highest BCUT2D eigenvalue weighted by atomic mass is 28.4. The predicted octanol–water partition coefficient (Wildman–Crippen LogP) is 11.8. The van der Waals surface area contributed by atoms with Gasteiger partial charge in [-0.3, -0.25) is 0 Å². The monoisotopic (exact) mass is 741 g/mol. The van der Waals surface area contributed by atoms with Crippen LogP contribution in [0.5, 0.6) is 0 Å². The third-order valence-electron chi connectivity index (χ3n) is 11.1. The zero-order chi connectivity index (χ0) is 37.0. The number of nitrogens with zero attached hydrogens (tertiary/aromatic N) is 3. The smallest absolute Gasteiger partial charge is 0.372 e. The maximum atomic E-state index is 7.10. The Labute approximate surface area is 323 Å². The Hall–Kier alpha value is -5.44. The molecule has 3 aromatic heterocycles. The van der Waals surface area contributed by atoms with E-state index < -0.39 is 8.80 Å². The Bertz CT molecular complexity index is 2310. The SMILES string of the molecule is C=CCCCC[Si](OCCn1c2ccccc2c2ccccc21)(OCCn1c2ccccc2c2ccccc21)OCCn1c2ccccc2c2ccccc21. The number of fused-ring (bicyclic) bond motifs is 9. The molecule has 0 N–H and O–H groups in total. The van der Waals surface area contributed by atoms with Crippen molar-refractivity contribution in [3.63, 3.8) is 0 Å². The second kappa shape index (κ2) is 15.7. The summed E-state index contributed by atoms with van der Waals surface area (Å²) < 4.78 is 28.5. The summed E-state index contributed by atoms with van der Waals surface area (Å²) in [7, 11) is -3.23. The molecule has 0 atom stereocenters.